The molecular formula is C15H30N2O. The molecule has 3 atom stereocenters. The second kappa shape index (κ2) is 5.89. The van der Waals surface area contributed by atoms with Crippen LogP contribution in [0.5, 0.6) is 0 Å². The van der Waals surface area contributed by atoms with Crippen molar-refractivity contribution in [2.24, 2.45) is 17.3 Å². The molecule has 0 amide bonds. The molecule has 2 N–H and O–H groups in total. The van der Waals surface area contributed by atoms with Crippen molar-refractivity contribution in [1.82, 2.24) is 10.2 Å². The van der Waals surface area contributed by atoms with E-state index in [1.54, 1.807) is 0 Å². The third kappa shape index (κ3) is 3.69. The van der Waals surface area contributed by atoms with Gasteiger partial charge in [-0.25, -0.2) is 0 Å². The van der Waals surface area contributed by atoms with Crippen LogP contribution in [0.25, 0.3) is 0 Å². The first-order chi connectivity index (χ1) is 8.47. The second-order valence-electron chi connectivity index (χ2n) is 7.30. The molecule has 2 aliphatic rings. The Hall–Kier alpha value is -0.120. The van der Waals surface area contributed by atoms with Crippen LogP contribution < -0.4 is 5.32 Å². The van der Waals surface area contributed by atoms with E-state index in [-0.39, 0.29) is 11.5 Å². The van der Waals surface area contributed by atoms with Crippen molar-refractivity contribution in [2.75, 3.05) is 32.7 Å². The van der Waals surface area contributed by atoms with Crippen LogP contribution in [0.1, 0.15) is 40.0 Å². The van der Waals surface area contributed by atoms with Crippen LogP contribution in [0.15, 0.2) is 0 Å². The van der Waals surface area contributed by atoms with Crippen LogP contribution in [0, 0.1) is 17.3 Å². The zero-order chi connectivity index (χ0) is 13.2. The molecule has 2 heterocycles. The lowest BCUT2D eigenvalue weighted by Crippen LogP contribution is -2.50. The Kier molecular flexibility index (Phi) is 4.68. The van der Waals surface area contributed by atoms with Gasteiger partial charge in [-0.2, -0.15) is 0 Å². The van der Waals surface area contributed by atoms with E-state index in [0.29, 0.717) is 5.92 Å². The summed E-state index contributed by atoms with van der Waals surface area (Å²) in [7, 11) is 0. The third-order valence-corrected chi connectivity index (χ3v) is 4.69. The average molecular weight is 254 g/mol. The fourth-order valence-electron chi connectivity index (χ4n) is 3.62. The molecule has 0 spiro atoms. The zero-order valence-corrected chi connectivity index (χ0v) is 12.3. The summed E-state index contributed by atoms with van der Waals surface area (Å²) in [5.41, 5.74) is 0.234. The molecule has 2 fully saturated rings. The summed E-state index contributed by atoms with van der Waals surface area (Å²) in [6.45, 7) is 12.3. The van der Waals surface area contributed by atoms with Gasteiger partial charge in [0.15, 0.2) is 0 Å². The molecule has 2 rings (SSSR count). The van der Waals surface area contributed by atoms with Crippen molar-refractivity contribution in [3.8, 4) is 0 Å². The summed E-state index contributed by atoms with van der Waals surface area (Å²) in [4.78, 5) is 2.48. The van der Waals surface area contributed by atoms with E-state index in [1.807, 2.05) is 0 Å². The highest BCUT2D eigenvalue weighted by Crippen LogP contribution is 2.34. The first kappa shape index (κ1) is 14.3. The number of nitrogens with zero attached hydrogens (tertiary/aromatic N) is 1. The standard InChI is InChI=1S/C15H30N2O/c1-15(2,3)13-6-8-17(11-14(13)18)10-12-5-4-7-16-9-12/h12-14,16,18H,4-11H2,1-3H3. The number of nitrogens with one attached hydrogen (secondary N) is 1. The van der Waals surface area contributed by atoms with E-state index in [0.717, 1.165) is 32.0 Å². The van der Waals surface area contributed by atoms with Gasteiger partial charge in [0.25, 0.3) is 0 Å². The van der Waals surface area contributed by atoms with Gasteiger partial charge in [-0.1, -0.05) is 20.8 Å². The van der Waals surface area contributed by atoms with Gasteiger partial charge in [0.05, 0.1) is 6.10 Å². The number of hydrogen-bond acceptors (Lipinski definition) is 3. The molecule has 18 heavy (non-hydrogen) atoms. The smallest absolute Gasteiger partial charge is 0.0700 e. The number of rotatable bonds is 2. The Bertz CT molecular complexity index is 256. The van der Waals surface area contributed by atoms with Crippen molar-refractivity contribution in [3.63, 3.8) is 0 Å². The maximum absolute atomic E-state index is 10.3. The van der Waals surface area contributed by atoms with Crippen molar-refractivity contribution in [2.45, 2.75) is 46.1 Å². The Morgan fingerprint density at radius 3 is 2.61 bits per heavy atom. The molecule has 3 heteroatoms. The molecule has 0 aromatic carbocycles. The Balaban J connectivity index is 1.80. The van der Waals surface area contributed by atoms with Crippen LogP contribution in [0.2, 0.25) is 0 Å². The summed E-state index contributed by atoms with van der Waals surface area (Å²) >= 11 is 0. The van der Waals surface area contributed by atoms with Gasteiger partial charge in [0.2, 0.25) is 0 Å². The number of piperidine rings is 2. The SMILES string of the molecule is CC(C)(C)C1CCN(CC2CCCNC2)CC1O. The number of β-amino-alcohol motifs (C(OH)–C–C–N with tert-alkyl or cyclic N) is 1. The Morgan fingerprint density at radius 2 is 2.06 bits per heavy atom. The largest absolute Gasteiger partial charge is 0.391 e. The quantitative estimate of drug-likeness (QED) is 0.787. The van der Waals surface area contributed by atoms with Crippen LogP contribution in [-0.4, -0.2) is 48.8 Å². The molecule has 3 nitrogen and oxygen atoms in total. The van der Waals surface area contributed by atoms with Gasteiger partial charge in [-0.05, 0) is 56.1 Å². The number of aliphatic hydroxyl groups excluding tert-OH is 1. The van der Waals surface area contributed by atoms with Gasteiger partial charge >= 0.3 is 0 Å². The van der Waals surface area contributed by atoms with Crippen LogP contribution in [0.4, 0.5) is 0 Å². The van der Waals surface area contributed by atoms with Crippen molar-refractivity contribution in [1.29, 1.82) is 0 Å². The first-order valence-corrected chi connectivity index (χ1v) is 7.58. The van der Waals surface area contributed by atoms with E-state index in [4.69, 9.17) is 0 Å². The minimum Gasteiger partial charge on any atom is -0.391 e. The average Bonchev–Trinajstić information content (AvgIpc) is 2.28. The molecule has 2 saturated heterocycles. The van der Waals surface area contributed by atoms with Crippen molar-refractivity contribution >= 4 is 0 Å². The van der Waals surface area contributed by atoms with E-state index >= 15 is 0 Å². The maximum Gasteiger partial charge on any atom is 0.0700 e. The third-order valence-electron chi connectivity index (χ3n) is 4.69. The van der Waals surface area contributed by atoms with Gasteiger partial charge in [-0.15, -0.1) is 0 Å². The molecule has 0 saturated carbocycles. The summed E-state index contributed by atoms with van der Waals surface area (Å²) in [6, 6.07) is 0. The predicted octanol–water partition coefficient (Wildman–Crippen LogP) is 1.71. The monoisotopic (exact) mass is 254 g/mol. The maximum atomic E-state index is 10.3. The number of likely N-dealkylation sites (tertiary alicyclic amines) is 1. The van der Waals surface area contributed by atoms with Gasteiger partial charge in [0.1, 0.15) is 0 Å². The summed E-state index contributed by atoms with van der Waals surface area (Å²) in [5, 5.41) is 13.8. The fourth-order valence-corrected chi connectivity index (χ4v) is 3.62. The lowest BCUT2D eigenvalue weighted by atomic mass is 9.73. The molecule has 0 aromatic rings. The van der Waals surface area contributed by atoms with Crippen molar-refractivity contribution < 1.29 is 5.11 Å². The van der Waals surface area contributed by atoms with E-state index in [2.05, 4.69) is 31.0 Å². The Morgan fingerprint density at radius 1 is 1.28 bits per heavy atom. The summed E-state index contributed by atoms with van der Waals surface area (Å²) in [6.07, 6.45) is 3.66. The predicted molar refractivity (Wildman–Crippen MR) is 75.6 cm³/mol. The van der Waals surface area contributed by atoms with Crippen LogP contribution in [-0.2, 0) is 0 Å². The molecule has 0 aromatic heterocycles. The molecule has 0 radical (unpaired) electrons. The lowest BCUT2D eigenvalue weighted by Gasteiger charge is -2.43. The molecule has 3 unspecified atom stereocenters. The minimum atomic E-state index is -0.143. The summed E-state index contributed by atoms with van der Waals surface area (Å²) in [5.74, 6) is 1.25. The highest BCUT2D eigenvalue weighted by atomic mass is 16.3. The number of aliphatic hydroxyl groups is 1. The van der Waals surface area contributed by atoms with E-state index in [1.165, 1.54) is 25.9 Å². The van der Waals surface area contributed by atoms with Gasteiger partial charge in [0, 0.05) is 13.1 Å². The molecule has 0 aliphatic carbocycles. The second-order valence-corrected chi connectivity index (χ2v) is 7.30. The fraction of sp³-hybridized carbons (Fsp3) is 1.00. The normalized spacial score (nSPS) is 35.7. The van der Waals surface area contributed by atoms with Gasteiger partial charge < -0.3 is 15.3 Å². The Labute approximate surface area is 112 Å². The minimum absolute atomic E-state index is 0.143. The van der Waals surface area contributed by atoms with E-state index < -0.39 is 0 Å². The highest BCUT2D eigenvalue weighted by molar-refractivity contribution is 4.88. The van der Waals surface area contributed by atoms with Crippen LogP contribution in [0.3, 0.4) is 0 Å². The topological polar surface area (TPSA) is 35.5 Å². The summed E-state index contributed by atoms with van der Waals surface area (Å²) < 4.78 is 0. The zero-order valence-electron chi connectivity index (χ0n) is 12.3. The molecule has 0 bridgehead atoms. The van der Waals surface area contributed by atoms with Crippen LogP contribution >= 0.6 is 0 Å². The van der Waals surface area contributed by atoms with Gasteiger partial charge in [-0.3, -0.25) is 0 Å². The first-order valence-electron chi connectivity index (χ1n) is 7.58. The number of hydrogen-bond donors (Lipinski definition) is 2. The lowest BCUT2D eigenvalue weighted by molar-refractivity contribution is -0.0287. The molecule has 2 aliphatic heterocycles. The molecular weight excluding hydrogens is 224 g/mol. The molecule has 106 valence electrons. The van der Waals surface area contributed by atoms with E-state index in [9.17, 15) is 5.11 Å². The highest BCUT2D eigenvalue weighted by Gasteiger charge is 2.36. The van der Waals surface area contributed by atoms with Crippen molar-refractivity contribution in [3.05, 3.63) is 0 Å².